The fraction of sp³-hybridized carbons (Fsp3) is 0. The standard InChI is InChI=1S/C71H41N9/c1-73-56-42-46(34-38-62(56)80-59-30-16-12-26-51(59)53-36-40-64-66(68(53)80)55-28-14-18-32-61(55)78(64)49-23-9-4-10-24-49)71-75-69(44-19-5-2-6-20-44)74-70(76-71)45-33-37-57(47(41-45)43-72)79-58-29-15-11-25-50(58)52-35-39-63-65(67(52)79)54-27-13-17-31-60(54)77(63)48-21-7-3-8-22-48/h2-42H. The largest absolute Gasteiger partial charge is 0.318 e. The fourth-order valence-corrected chi connectivity index (χ4v) is 12.5. The van der Waals surface area contributed by atoms with Gasteiger partial charge in [0.15, 0.2) is 17.5 Å². The molecular formula is C71H41N9. The van der Waals surface area contributed by atoms with Gasteiger partial charge in [-0.3, -0.25) is 0 Å². The first kappa shape index (κ1) is 44.9. The second-order valence-electron chi connectivity index (χ2n) is 20.1. The van der Waals surface area contributed by atoms with Crippen molar-refractivity contribution in [1.82, 2.24) is 33.2 Å². The Bertz CT molecular complexity index is 5010. The first-order valence-electron chi connectivity index (χ1n) is 26.5. The number of para-hydroxylation sites is 6. The van der Waals surface area contributed by atoms with E-state index in [9.17, 15) is 5.26 Å². The fourth-order valence-electron chi connectivity index (χ4n) is 12.5. The highest BCUT2D eigenvalue weighted by atomic mass is 15.1. The predicted molar refractivity (Wildman–Crippen MR) is 324 cm³/mol. The van der Waals surface area contributed by atoms with Gasteiger partial charge in [0, 0.05) is 71.2 Å². The van der Waals surface area contributed by atoms with Gasteiger partial charge < -0.3 is 18.3 Å². The van der Waals surface area contributed by atoms with Crippen LogP contribution in [0.3, 0.4) is 0 Å². The summed E-state index contributed by atoms with van der Waals surface area (Å²) in [6.45, 7) is 8.80. The summed E-state index contributed by atoms with van der Waals surface area (Å²) >= 11 is 0. The Balaban J connectivity index is 0.879. The SMILES string of the molecule is [C-]#[N+]c1cc(-c2nc(-c3ccccc3)nc(-c3ccc(-n4c5ccccc5c5ccc6c(c7ccccc7n6-c6ccccc6)c54)c(C#N)c3)n2)ccc1-n1c2ccccc2c2ccc3c(c4ccccc4n3-c3ccccc3)c21. The van der Waals surface area contributed by atoms with E-state index in [2.05, 4.69) is 199 Å². The lowest BCUT2D eigenvalue weighted by molar-refractivity contribution is 1.07. The van der Waals surface area contributed by atoms with Crippen molar-refractivity contribution < 1.29 is 0 Å². The van der Waals surface area contributed by atoms with Gasteiger partial charge in [-0.05, 0) is 91.0 Å². The summed E-state index contributed by atoms with van der Waals surface area (Å²) in [5.41, 5.74) is 15.1. The first-order valence-corrected chi connectivity index (χ1v) is 26.5. The van der Waals surface area contributed by atoms with Crippen LogP contribution >= 0.6 is 0 Å². The quantitative estimate of drug-likeness (QED) is 0.149. The van der Waals surface area contributed by atoms with Crippen molar-refractivity contribution >= 4 is 92.9 Å². The molecule has 9 nitrogen and oxygen atoms in total. The summed E-state index contributed by atoms with van der Waals surface area (Å²) in [6, 6.07) is 88.1. The Kier molecular flexibility index (Phi) is 9.86. The molecule has 0 saturated heterocycles. The zero-order valence-electron chi connectivity index (χ0n) is 42.7. The highest BCUT2D eigenvalue weighted by Crippen LogP contribution is 2.46. The topological polar surface area (TPSA) is 86.5 Å². The van der Waals surface area contributed by atoms with Crippen LogP contribution in [-0.2, 0) is 0 Å². The van der Waals surface area contributed by atoms with Gasteiger partial charge in [0.1, 0.15) is 6.07 Å². The molecule has 16 aromatic rings. The number of hydrogen-bond donors (Lipinski definition) is 0. The maximum Gasteiger partial charge on any atom is 0.211 e. The van der Waals surface area contributed by atoms with Gasteiger partial charge in [0.25, 0.3) is 0 Å². The molecule has 0 fully saturated rings. The van der Waals surface area contributed by atoms with E-state index in [4.69, 9.17) is 21.5 Å². The highest BCUT2D eigenvalue weighted by molar-refractivity contribution is 6.28. The molecule has 0 aliphatic carbocycles. The van der Waals surface area contributed by atoms with Crippen molar-refractivity contribution in [3.8, 4) is 63.0 Å². The molecular weight excluding hydrogens is 979 g/mol. The molecule has 0 spiro atoms. The van der Waals surface area contributed by atoms with Crippen molar-refractivity contribution in [3.63, 3.8) is 0 Å². The first-order chi connectivity index (χ1) is 39.6. The number of aromatic nitrogens is 7. The Morgan fingerprint density at radius 3 is 1.23 bits per heavy atom. The lowest BCUT2D eigenvalue weighted by atomic mass is 10.1. The van der Waals surface area contributed by atoms with Crippen LogP contribution in [0.1, 0.15) is 5.56 Å². The predicted octanol–water partition coefficient (Wildman–Crippen LogP) is 17.7. The second-order valence-corrected chi connectivity index (χ2v) is 20.1. The van der Waals surface area contributed by atoms with Crippen LogP contribution in [0.25, 0.3) is 149 Å². The van der Waals surface area contributed by atoms with E-state index in [-0.39, 0.29) is 0 Å². The second kappa shape index (κ2) is 17.6. The lowest BCUT2D eigenvalue weighted by Gasteiger charge is -2.14. The third-order valence-corrected chi connectivity index (χ3v) is 15.8. The summed E-state index contributed by atoms with van der Waals surface area (Å²) in [6.07, 6.45) is 0. The molecule has 9 heteroatoms. The molecule has 5 heterocycles. The van der Waals surface area contributed by atoms with E-state index in [1.54, 1.807) is 0 Å². The smallest absolute Gasteiger partial charge is 0.211 e. The highest BCUT2D eigenvalue weighted by Gasteiger charge is 2.25. The molecule has 0 radical (unpaired) electrons. The van der Waals surface area contributed by atoms with Gasteiger partial charge in [-0.25, -0.2) is 19.8 Å². The van der Waals surface area contributed by atoms with Gasteiger partial charge in [-0.15, -0.1) is 0 Å². The molecule has 16 rings (SSSR count). The normalized spacial score (nSPS) is 11.7. The van der Waals surface area contributed by atoms with Crippen molar-refractivity contribution in [2.45, 2.75) is 0 Å². The van der Waals surface area contributed by atoms with Crippen LogP contribution in [0.4, 0.5) is 5.69 Å². The molecule has 0 bridgehead atoms. The molecule has 0 unspecified atom stereocenters. The molecule has 0 aliphatic rings. The van der Waals surface area contributed by atoms with Crippen LogP contribution in [0, 0.1) is 17.9 Å². The van der Waals surface area contributed by atoms with E-state index in [1.807, 2.05) is 78.9 Å². The molecule has 80 heavy (non-hydrogen) atoms. The number of rotatable bonds is 7. The van der Waals surface area contributed by atoms with Crippen molar-refractivity contribution in [1.29, 1.82) is 5.26 Å². The molecule has 0 aliphatic heterocycles. The zero-order valence-corrected chi connectivity index (χ0v) is 42.7. The van der Waals surface area contributed by atoms with Crippen LogP contribution in [-0.4, -0.2) is 33.2 Å². The molecule has 0 N–H and O–H groups in total. The minimum Gasteiger partial charge on any atom is -0.318 e. The van der Waals surface area contributed by atoms with E-state index in [0.717, 1.165) is 116 Å². The van der Waals surface area contributed by atoms with E-state index in [0.29, 0.717) is 39.9 Å². The van der Waals surface area contributed by atoms with Crippen LogP contribution in [0.15, 0.2) is 249 Å². The van der Waals surface area contributed by atoms with E-state index in [1.165, 1.54) is 0 Å². The van der Waals surface area contributed by atoms with Gasteiger partial charge in [-0.2, -0.15) is 5.26 Å². The van der Waals surface area contributed by atoms with Gasteiger partial charge in [0.05, 0.1) is 67.6 Å². The molecule has 11 aromatic carbocycles. The Hall–Kier alpha value is -11.4. The molecule has 0 amide bonds. The van der Waals surface area contributed by atoms with E-state index < -0.39 is 0 Å². The minimum atomic E-state index is 0.403. The average molecular weight is 1020 g/mol. The van der Waals surface area contributed by atoms with Crippen LogP contribution in [0.2, 0.25) is 0 Å². The summed E-state index contributed by atoms with van der Waals surface area (Å²) in [5.74, 6) is 1.28. The van der Waals surface area contributed by atoms with Crippen molar-refractivity contribution in [2.24, 2.45) is 0 Å². The summed E-state index contributed by atoms with van der Waals surface area (Å²) in [4.78, 5) is 19.7. The number of nitrogens with zero attached hydrogens (tertiary/aromatic N) is 9. The average Bonchev–Trinajstić information content (AvgIpc) is 4.39. The van der Waals surface area contributed by atoms with E-state index >= 15 is 0 Å². The summed E-state index contributed by atoms with van der Waals surface area (Å²) < 4.78 is 9.17. The van der Waals surface area contributed by atoms with Crippen LogP contribution < -0.4 is 0 Å². The van der Waals surface area contributed by atoms with Crippen molar-refractivity contribution in [3.05, 3.63) is 266 Å². The van der Waals surface area contributed by atoms with Gasteiger partial charge >= 0.3 is 0 Å². The molecule has 0 atom stereocenters. The third kappa shape index (κ3) is 6.59. The zero-order chi connectivity index (χ0) is 53.0. The molecule has 370 valence electrons. The van der Waals surface area contributed by atoms with Gasteiger partial charge in [-0.1, -0.05) is 158 Å². The molecule has 5 aromatic heterocycles. The third-order valence-electron chi connectivity index (χ3n) is 15.8. The lowest BCUT2D eigenvalue weighted by Crippen LogP contribution is -2.02. The van der Waals surface area contributed by atoms with Crippen molar-refractivity contribution in [2.75, 3.05) is 0 Å². The minimum absolute atomic E-state index is 0.403. The number of hydrogen-bond acceptors (Lipinski definition) is 4. The summed E-state index contributed by atoms with van der Waals surface area (Å²) in [5, 5.41) is 20.1. The maximum atomic E-state index is 11.2. The Morgan fingerprint density at radius 1 is 0.338 bits per heavy atom. The Labute approximate surface area is 457 Å². The maximum absolute atomic E-state index is 11.2. The monoisotopic (exact) mass is 1020 g/mol. The van der Waals surface area contributed by atoms with Gasteiger partial charge in [0.2, 0.25) is 5.69 Å². The summed E-state index contributed by atoms with van der Waals surface area (Å²) in [7, 11) is 0. The number of fused-ring (bicyclic) bond motifs is 14. The number of benzene rings is 11. The molecule has 0 saturated carbocycles. The Morgan fingerprint density at radius 2 is 0.738 bits per heavy atom. The van der Waals surface area contributed by atoms with Crippen LogP contribution in [0.5, 0.6) is 0 Å². The number of nitriles is 1.